The van der Waals surface area contributed by atoms with Gasteiger partial charge in [0.05, 0.1) is 0 Å². The van der Waals surface area contributed by atoms with E-state index in [0.29, 0.717) is 11.0 Å². The number of carbonyl (C=O) groups is 1. The summed E-state index contributed by atoms with van der Waals surface area (Å²) >= 11 is 0. The van der Waals surface area contributed by atoms with Crippen molar-refractivity contribution >= 4 is 5.97 Å². The lowest BCUT2D eigenvalue weighted by Crippen LogP contribution is -2.13. The van der Waals surface area contributed by atoms with E-state index in [1.54, 1.807) is 6.92 Å². The minimum absolute atomic E-state index is 0.295. The molecule has 0 bridgehead atoms. The molecule has 0 aliphatic carbocycles. The third kappa shape index (κ3) is 9.07. The van der Waals surface area contributed by atoms with Crippen LogP contribution in [0.2, 0.25) is 0 Å². The van der Waals surface area contributed by atoms with Gasteiger partial charge < -0.3 is 4.74 Å². The van der Waals surface area contributed by atoms with E-state index in [-0.39, 0.29) is 5.97 Å². The van der Waals surface area contributed by atoms with Crippen LogP contribution < -0.4 is 0 Å². The largest absolute Gasteiger partial charge is 0.428 e. The molecule has 0 saturated heterocycles. The Morgan fingerprint density at radius 2 is 1.68 bits per heavy atom. The first-order chi connectivity index (χ1) is 10.4. The molecule has 0 fully saturated rings. The van der Waals surface area contributed by atoms with E-state index in [4.69, 9.17) is 4.74 Å². The average molecular weight is 309 g/mol. The highest BCUT2D eigenvalue weighted by Gasteiger charge is 2.19. The molecule has 0 atom stereocenters. The van der Waals surface area contributed by atoms with Crippen molar-refractivity contribution in [3.63, 3.8) is 0 Å². The van der Waals surface area contributed by atoms with Gasteiger partial charge in [-0.2, -0.15) is 0 Å². The molecule has 0 heterocycles. The van der Waals surface area contributed by atoms with Crippen LogP contribution in [0.3, 0.4) is 0 Å². The van der Waals surface area contributed by atoms with Crippen LogP contribution in [-0.4, -0.2) is 5.97 Å². The van der Waals surface area contributed by atoms with Crippen molar-refractivity contribution in [3.05, 3.63) is 24.0 Å². The Bertz CT molecular complexity index is 362. The minimum atomic E-state index is -0.297. The third-order valence-electron chi connectivity index (χ3n) is 4.63. The molecule has 2 nitrogen and oxygen atoms in total. The molecule has 0 aliphatic heterocycles. The molecule has 0 aromatic rings. The van der Waals surface area contributed by atoms with Gasteiger partial charge in [0.1, 0.15) is 5.76 Å². The van der Waals surface area contributed by atoms with Crippen LogP contribution in [-0.2, 0) is 9.53 Å². The maximum absolute atomic E-state index is 11.8. The van der Waals surface area contributed by atoms with Crippen LogP contribution in [0.4, 0.5) is 0 Å². The van der Waals surface area contributed by atoms with Crippen molar-refractivity contribution in [1.29, 1.82) is 0 Å². The smallest absolute Gasteiger partial charge is 0.338 e. The number of esters is 1. The number of unbranched alkanes of at least 4 members (excludes halogenated alkanes) is 4. The number of rotatable bonds is 12. The Hall–Kier alpha value is -1.05. The van der Waals surface area contributed by atoms with Crippen LogP contribution in [0.5, 0.6) is 0 Å². The molecule has 0 aromatic heterocycles. The fourth-order valence-electron chi connectivity index (χ4n) is 2.20. The van der Waals surface area contributed by atoms with Gasteiger partial charge in [-0.15, -0.1) is 0 Å². The number of hydrogen-bond acceptors (Lipinski definition) is 2. The zero-order valence-corrected chi connectivity index (χ0v) is 15.5. The van der Waals surface area contributed by atoms with E-state index in [1.165, 1.54) is 25.7 Å². The summed E-state index contributed by atoms with van der Waals surface area (Å²) in [5, 5.41) is 0. The molecule has 0 rings (SSSR count). The lowest BCUT2D eigenvalue weighted by Gasteiger charge is -2.25. The molecular weight excluding hydrogens is 272 g/mol. The maximum atomic E-state index is 11.8. The lowest BCUT2D eigenvalue weighted by molar-refractivity contribution is -0.135. The highest BCUT2D eigenvalue weighted by atomic mass is 16.5. The highest BCUT2D eigenvalue weighted by molar-refractivity contribution is 5.87. The van der Waals surface area contributed by atoms with Crippen molar-refractivity contribution in [2.24, 2.45) is 5.41 Å². The summed E-state index contributed by atoms with van der Waals surface area (Å²) in [7, 11) is 0. The van der Waals surface area contributed by atoms with Gasteiger partial charge in [-0.1, -0.05) is 72.8 Å². The Labute approximate surface area is 138 Å². The minimum Gasteiger partial charge on any atom is -0.428 e. The standard InChI is InChI=1S/C20H36O2/c1-7-10-11-12-13-14-18(22-19(21)17(4)5)15-16-20(6,8-2)9-3/h15H,4,7-14,16H2,1-3,5-6H3/b18-15-. The molecule has 0 N–H and O–H groups in total. The van der Waals surface area contributed by atoms with E-state index >= 15 is 0 Å². The SMILES string of the molecule is C=C(C)C(=O)O/C(=C\CC(C)(CC)CC)CCCCCCC. The summed E-state index contributed by atoms with van der Waals surface area (Å²) < 4.78 is 5.53. The zero-order valence-electron chi connectivity index (χ0n) is 15.5. The first kappa shape index (κ1) is 20.9. The Balaban J connectivity index is 4.63. The predicted octanol–water partition coefficient (Wildman–Crippen LogP) is 6.57. The molecule has 0 amide bonds. The van der Waals surface area contributed by atoms with Gasteiger partial charge in [-0.25, -0.2) is 4.79 Å². The second-order valence-corrected chi connectivity index (χ2v) is 6.73. The monoisotopic (exact) mass is 308 g/mol. The Morgan fingerprint density at radius 1 is 1.09 bits per heavy atom. The van der Waals surface area contributed by atoms with Gasteiger partial charge in [-0.05, 0) is 31.3 Å². The quantitative estimate of drug-likeness (QED) is 0.176. The van der Waals surface area contributed by atoms with Crippen LogP contribution >= 0.6 is 0 Å². The van der Waals surface area contributed by atoms with Gasteiger partial charge in [0, 0.05) is 12.0 Å². The second-order valence-electron chi connectivity index (χ2n) is 6.73. The van der Waals surface area contributed by atoms with E-state index in [9.17, 15) is 4.79 Å². The molecule has 2 heteroatoms. The molecule has 0 saturated carbocycles. The second kappa shape index (κ2) is 11.5. The number of hydrogen-bond donors (Lipinski definition) is 0. The summed E-state index contributed by atoms with van der Waals surface area (Å²) in [5.41, 5.74) is 0.758. The van der Waals surface area contributed by atoms with Gasteiger partial charge in [0.2, 0.25) is 0 Å². The zero-order chi connectivity index (χ0) is 17.0. The molecule has 128 valence electrons. The first-order valence-electron chi connectivity index (χ1n) is 8.95. The van der Waals surface area contributed by atoms with E-state index in [0.717, 1.165) is 37.9 Å². The van der Waals surface area contributed by atoms with E-state index in [1.807, 2.05) is 0 Å². The highest BCUT2D eigenvalue weighted by Crippen LogP contribution is 2.31. The topological polar surface area (TPSA) is 26.3 Å². The van der Waals surface area contributed by atoms with Crippen LogP contribution in [0.15, 0.2) is 24.0 Å². The van der Waals surface area contributed by atoms with Gasteiger partial charge in [0.25, 0.3) is 0 Å². The van der Waals surface area contributed by atoms with Gasteiger partial charge >= 0.3 is 5.97 Å². The molecular formula is C20H36O2. The molecule has 0 aromatic carbocycles. The van der Waals surface area contributed by atoms with Crippen LogP contribution in [0.1, 0.15) is 92.4 Å². The first-order valence-corrected chi connectivity index (χ1v) is 8.95. The average Bonchev–Trinajstić information content (AvgIpc) is 2.51. The number of allylic oxidation sites excluding steroid dienone is 2. The molecule has 0 aliphatic rings. The van der Waals surface area contributed by atoms with Crippen molar-refractivity contribution in [1.82, 2.24) is 0 Å². The van der Waals surface area contributed by atoms with Gasteiger partial charge in [-0.3, -0.25) is 0 Å². The molecule has 0 spiro atoms. The van der Waals surface area contributed by atoms with Gasteiger partial charge in [0.15, 0.2) is 0 Å². The Kier molecular flexibility index (Phi) is 11.0. The lowest BCUT2D eigenvalue weighted by atomic mass is 9.81. The van der Waals surface area contributed by atoms with E-state index < -0.39 is 0 Å². The summed E-state index contributed by atoms with van der Waals surface area (Å²) in [6, 6.07) is 0. The number of ether oxygens (including phenoxy) is 1. The fraction of sp³-hybridized carbons (Fsp3) is 0.750. The van der Waals surface area contributed by atoms with Crippen LogP contribution in [0, 0.1) is 5.41 Å². The van der Waals surface area contributed by atoms with E-state index in [2.05, 4.69) is 40.3 Å². The molecule has 22 heavy (non-hydrogen) atoms. The number of carbonyl (C=O) groups excluding carboxylic acids is 1. The van der Waals surface area contributed by atoms with Crippen molar-refractivity contribution < 1.29 is 9.53 Å². The molecule has 0 unspecified atom stereocenters. The van der Waals surface area contributed by atoms with Crippen molar-refractivity contribution in [2.75, 3.05) is 0 Å². The van der Waals surface area contributed by atoms with Crippen molar-refractivity contribution in [3.8, 4) is 0 Å². The predicted molar refractivity (Wildman–Crippen MR) is 95.7 cm³/mol. The third-order valence-corrected chi connectivity index (χ3v) is 4.63. The summed E-state index contributed by atoms with van der Waals surface area (Å²) in [5.74, 6) is 0.534. The fourth-order valence-corrected chi connectivity index (χ4v) is 2.20. The molecule has 0 radical (unpaired) electrons. The maximum Gasteiger partial charge on any atom is 0.338 e. The summed E-state index contributed by atoms with van der Waals surface area (Å²) in [6.45, 7) is 14.3. The van der Waals surface area contributed by atoms with Crippen LogP contribution in [0.25, 0.3) is 0 Å². The Morgan fingerprint density at radius 3 is 2.18 bits per heavy atom. The van der Waals surface area contributed by atoms with Crippen molar-refractivity contribution in [2.45, 2.75) is 92.4 Å². The normalized spacial score (nSPS) is 12.3. The summed E-state index contributed by atoms with van der Waals surface area (Å²) in [4.78, 5) is 11.8. The summed E-state index contributed by atoms with van der Waals surface area (Å²) in [6.07, 6.45) is 12.3.